The van der Waals surface area contributed by atoms with Crippen LogP contribution in [0.1, 0.15) is 38.1 Å². The van der Waals surface area contributed by atoms with Gasteiger partial charge in [0.05, 0.1) is 21.8 Å². The number of aromatic nitrogens is 3. The molecule has 0 aliphatic carbocycles. The van der Waals surface area contributed by atoms with E-state index >= 15 is 0 Å². The summed E-state index contributed by atoms with van der Waals surface area (Å²) in [5.41, 5.74) is 2.34. The second kappa shape index (κ2) is 12.0. The molecular weight excluding hydrogens is 479 g/mol. The number of nitrogens with zero attached hydrogens (tertiary/aromatic N) is 4. The maximum absolute atomic E-state index is 13.3. The molecule has 2 amide bonds. The van der Waals surface area contributed by atoms with Crippen LogP contribution in [0, 0.1) is 11.7 Å². The summed E-state index contributed by atoms with van der Waals surface area (Å²) in [5, 5.41) is 6.18. The van der Waals surface area contributed by atoms with Gasteiger partial charge in [0.1, 0.15) is 5.82 Å². The average Bonchev–Trinajstić information content (AvgIpc) is 3.22. The van der Waals surface area contributed by atoms with Gasteiger partial charge in [-0.05, 0) is 73.5 Å². The highest BCUT2D eigenvalue weighted by Crippen LogP contribution is 2.26. The number of carbonyl (C=O) groups is 2. The molecule has 0 unspecified atom stereocenters. The first kappa shape index (κ1) is 25.7. The average molecular weight is 509 g/mol. The first-order valence-electron chi connectivity index (χ1n) is 12.1. The number of rotatable bonds is 6. The van der Waals surface area contributed by atoms with E-state index in [9.17, 15) is 14.0 Å². The zero-order valence-corrected chi connectivity index (χ0v) is 21.1. The number of anilines is 1. The van der Waals surface area contributed by atoms with Crippen molar-refractivity contribution in [3.63, 3.8) is 0 Å². The van der Waals surface area contributed by atoms with Crippen LogP contribution in [0.25, 0.3) is 17.0 Å². The lowest BCUT2D eigenvalue weighted by Gasteiger charge is -2.32. The first-order chi connectivity index (χ1) is 17.5. The van der Waals surface area contributed by atoms with Crippen molar-refractivity contribution in [3.05, 3.63) is 64.7 Å². The van der Waals surface area contributed by atoms with Gasteiger partial charge in [0.2, 0.25) is 5.95 Å². The van der Waals surface area contributed by atoms with Gasteiger partial charge in [-0.2, -0.15) is 0 Å². The molecule has 8 nitrogen and oxygen atoms in total. The van der Waals surface area contributed by atoms with Gasteiger partial charge < -0.3 is 10.2 Å². The summed E-state index contributed by atoms with van der Waals surface area (Å²) in [7, 11) is 0. The van der Waals surface area contributed by atoms with Gasteiger partial charge in [-0.25, -0.2) is 14.4 Å². The minimum Gasteiger partial charge on any atom is -0.341 e. The van der Waals surface area contributed by atoms with Crippen molar-refractivity contribution in [1.82, 2.24) is 25.6 Å². The van der Waals surface area contributed by atoms with Crippen LogP contribution in [-0.4, -0.2) is 45.7 Å². The number of amides is 2. The number of carbonyl (C=O) groups excluding carboxylic acids is 2. The molecule has 2 aliphatic heterocycles. The molecule has 10 heteroatoms. The maximum Gasteiger partial charge on any atom is 0.290 e. The highest BCUT2D eigenvalue weighted by Gasteiger charge is 2.25. The standard InChI is InChI=1S/C24H23FN6O2S.C2H6/c25-17-2-4-20-16(11-17)1-3-19(28-20)14-26-13-15-6-9-31(10-7-15)23-27-8-5-18(29-23)12-21-22(32)30-24(33)34-21;1-2/h1-5,8,11-12,15,26H,6-7,9-10,13-14H2,(H,30,32,33);1-2H3/b21-12-;. The molecule has 3 aromatic rings. The summed E-state index contributed by atoms with van der Waals surface area (Å²) in [4.78, 5) is 39.2. The molecule has 4 heterocycles. The van der Waals surface area contributed by atoms with Crippen molar-refractivity contribution in [1.29, 1.82) is 0 Å². The second-order valence-electron chi connectivity index (χ2n) is 8.33. The van der Waals surface area contributed by atoms with Gasteiger partial charge in [-0.1, -0.05) is 19.9 Å². The zero-order chi connectivity index (χ0) is 25.5. The Morgan fingerprint density at radius 2 is 1.94 bits per heavy atom. The fraction of sp³-hybridized carbons (Fsp3) is 0.346. The van der Waals surface area contributed by atoms with Gasteiger partial charge in [-0.3, -0.25) is 19.9 Å². The molecule has 2 aromatic heterocycles. The van der Waals surface area contributed by atoms with Gasteiger partial charge in [0.25, 0.3) is 11.1 Å². The molecule has 0 spiro atoms. The highest BCUT2D eigenvalue weighted by atomic mass is 32.2. The van der Waals surface area contributed by atoms with Crippen LogP contribution in [0.4, 0.5) is 15.1 Å². The SMILES string of the molecule is CC.O=C1NC(=O)/C(=C/c2ccnc(N3CCC(CNCc4ccc5cc(F)ccc5n4)CC3)n2)S1. The molecule has 0 bridgehead atoms. The van der Waals surface area contributed by atoms with E-state index in [0.29, 0.717) is 29.0 Å². The molecule has 2 aliphatic rings. The minimum absolute atomic E-state index is 0.252. The van der Waals surface area contributed by atoms with E-state index in [0.717, 1.165) is 60.8 Å². The van der Waals surface area contributed by atoms with E-state index in [1.807, 2.05) is 26.0 Å². The molecule has 0 atom stereocenters. The Morgan fingerprint density at radius 1 is 1.14 bits per heavy atom. The molecule has 188 valence electrons. The Hall–Kier alpha value is -3.37. The van der Waals surface area contributed by atoms with Crippen molar-refractivity contribution >= 4 is 45.8 Å². The molecule has 0 radical (unpaired) electrons. The summed E-state index contributed by atoms with van der Waals surface area (Å²) in [5.74, 6) is 0.529. The summed E-state index contributed by atoms with van der Waals surface area (Å²) < 4.78 is 13.3. The number of hydrogen-bond acceptors (Lipinski definition) is 8. The largest absolute Gasteiger partial charge is 0.341 e. The monoisotopic (exact) mass is 508 g/mol. The van der Waals surface area contributed by atoms with Gasteiger partial charge in [0.15, 0.2) is 0 Å². The number of halogens is 1. The molecule has 2 fully saturated rings. The van der Waals surface area contributed by atoms with Crippen molar-refractivity contribution in [2.45, 2.75) is 33.2 Å². The number of fused-ring (bicyclic) bond motifs is 1. The minimum atomic E-state index is -0.392. The molecular formula is C26H29FN6O2S. The van der Waals surface area contributed by atoms with Crippen molar-refractivity contribution in [2.24, 2.45) is 5.92 Å². The summed E-state index contributed by atoms with van der Waals surface area (Å²) in [6.07, 6.45) is 5.31. The lowest BCUT2D eigenvalue weighted by Crippen LogP contribution is -2.38. The Labute approximate surface area is 213 Å². The van der Waals surface area contributed by atoms with Crippen LogP contribution < -0.4 is 15.5 Å². The molecule has 5 rings (SSSR count). The number of benzene rings is 1. The maximum atomic E-state index is 13.3. The molecule has 2 N–H and O–H groups in total. The predicted octanol–water partition coefficient (Wildman–Crippen LogP) is 4.52. The van der Waals surface area contributed by atoms with Crippen LogP contribution in [-0.2, 0) is 11.3 Å². The molecule has 2 saturated heterocycles. The van der Waals surface area contributed by atoms with Crippen LogP contribution in [0.3, 0.4) is 0 Å². The highest BCUT2D eigenvalue weighted by molar-refractivity contribution is 8.18. The quantitative estimate of drug-likeness (QED) is 0.469. The smallest absolute Gasteiger partial charge is 0.290 e. The van der Waals surface area contributed by atoms with Crippen molar-refractivity contribution < 1.29 is 14.0 Å². The lowest BCUT2D eigenvalue weighted by atomic mass is 9.97. The predicted molar refractivity (Wildman–Crippen MR) is 141 cm³/mol. The summed E-state index contributed by atoms with van der Waals surface area (Å²) >= 11 is 0.878. The number of piperidine rings is 1. The van der Waals surface area contributed by atoms with Crippen molar-refractivity contribution in [3.8, 4) is 0 Å². The third-order valence-electron chi connectivity index (χ3n) is 5.93. The Balaban J connectivity index is 0.00000148. The van der Waals surface area contributed by atoms with Crippen LogP contribution in [0.5, 0.6) is 0 Å². The van der Waals surface area contributed by atoms with Gasteiger partial charge in [0, 0.05) is 31.2 Å². The van der Waals surface area contributed by atoms with Crippen molar-refractivity contribution in [2.75, 3.05) is 24.5 Å². The van der Waals surface area contributed by atoms with Gasteiger partial charge in [-0.15, -0.1) is 0 Å². The van der Waals surface area contributed by atoms with Crippen LogP contribution in [0.15, 0.2) is 47.5 Å². The van der Waals surface area contributed by atoms with E-state index in [1.165, 1.54) is 12.1 Å². The number of nitrogens with one attached hydrogen (secondary N) is 2. The Morgan fingerprint density at radius 3 is 2.69 bits per heavy atom. The molecule has 0 saturated carbocycles. The van der Waals surface area contributed by atoms with Crippen LogP contribution >= 0.6 is 11.8 Å². The zero-order valence-electron chi connectivity index (χ0n) is 20.3. The van der Waals surface area contributed by atoms with Gasteiger partial charge >= 0.3 is 0 Å². The number of pyridine rings is 1. The number of thioether (sulfide) groups is 1. The number of imide groups is 1. The number of hydrogen-bond donors (Lipinski definition) is 2. The topological polar surface area (TPSA) is 100 Å². The second-order valence-corrected chi connectivity index (χ2v) is 9.35. The van der Waals surface area contributed by atoms with E-state index < -0.39 is 5.91 Å². The van der Waals surface area contributed by atoms with E-state index in [4.69, 9.17) is 0 Å². The normalized spacial score (nSPS) is 17.3. The van der Waals surface area contributed by atoms with E-state index in [1.54, 1.807) is 24.4 Å². The van der Waals surface area contributed by atoms with E-state index in [-0.39, 0.29) is 11.1 Å². The lowest BCUT2D eigenvalue weighted by molar-refractivity contribution is -0.115. The third-order valence-corrected chi connectivity index (χ3v) is 6.74. The fourth-order valence-corrected chi connectivity index (χ4v) is 4.80. The fourth-order valence-electron chi connectivity index (χ4n) is 4.13. The van der Waals surface area contributed by atoms with Crippen LogP contribution in [0.2, 0.25) is 0 Å². The first-order valence-corrected chi connectivity index (χ1v) is 12.9. The third kappa shape index (κ3) is 6.44. The molecule has 1 aromatic carbocycles. The summed E-state index contributed by atoms with van der Waals surface area (Å²) in [6.45, 7) is 7.26. The Bertz CT molecular complexity index is 1280. The van der Waals surface area contributed by atoms with E-state index in [2.05, 4.69) is 30.5 Å². The summed E-state index contributed by atoms with van der Waals surface area (Å²) in [6, 6.07) is 10.2. The Kier molecular flexibility index (Phi) is 8.61. The molecule has 36 heavy (non-hydrogen) atoms.